The molecule has 1 unspecified atom stereocenters. The van der Waals surface area contributed by atoms with Gasteiger partial charge in [-0.3, -0.25) is 4.79 Å². The summed E-state index contributed by atoms with van der Waals surface area (Å²) in [4.78, 5) is 10.6. The Morgan fingerprint density at radius 3 is 2.90 bits per heavy atom. The molecule has 0 heterocycles. The van der Waals surface area contributed by atoms with Crippen LogP contribution in [-0.4, -0.2) is 23.7 Å². The molecule has 56 valence electrons. The Kier molecular flexibility index (Phi) is 4.25. The van der Waals surface area contributed by atoms with Gasteiger partial charge in [0, 0.05) is 6.54 Å². The summed E-state index contributed by atoms with van der Waals surface area (Å²) in [5.41, 5.74) is 0. The van der Waals surface area contributed by atoms with Crippen LogP contribution in [0.15, 0.2) is 0 Å². The third-order valence-electron chi connectivity index (χ3n) is 0.902. The zero-order chi connectivity index (χ0) is 7.98. The van der Waals surface area contributed by atoms with E-state index in [9.17, 15) is 4.79 Å². The topological polar surface area (TPSA) is 73.1 Å². The molecule has 0 radical (unpaired) electrons. The summed E-state index contributed by atoms with van der Waals surface area (Å²) in [6.45, 7) is 2.30. The van der Waals surface area contributed by atoms with Crippen molar-refractivity contribution < 1.29 is 9.90 Å². The van der Waals surface area contributed by atoms with Gasteiger partial charge in [0.1, 0.15) is 6.10 Å². The van der Waals surface area contributed by atoms with E-state index in [1.165, 1.54) is 0 Å². The molecule has 0 saturated carbocycles. The zero-order valence-electron chi connectivity index (χ0n) is 5.79. The summed E-state index contributed by atoms with van der Waals surface area (Å²) in [6.07, 6.45) is -1.31. The number of amides is 1. The number of nitrogens with one attached hydrogen (secondary N) is 1. The standard InChI is InChI=1S/C6H10N2O2/c1-2-8-6(10)3-5(9)4-7/h5,9H,2-3H2,1H3,(H,8,10). The van der Waals surface area contributed by atoms with Crippen LogP contribution in [0.25, 0.3) is 0 Å². The molecule has 4 nitrogen and oxygen atoms in total. The van der Waals surface area contributed by atoms with Crippen LogP contribution in [0.1, 0.15) is 13.3 Å². The fraction of sp³-hybridized carbons (Fsp3) is 0.667. The van der Waals surface area contributed by atoms with Crippen molar-refractivity contribution >= 4 is 5.91 Å². The van der Waals surface area contributed by atoms with E-state index in [2.05, 4.69) is 5.32 Å². The first-order chi connectivity index (χ1) is 4.70. The van der Waals surface area contributed by atoms with E-state index in [-0.39, 0.29) is 12.3 Å². The van der Waals surface area contributed by atoms with Crippen molar-refractivity contribution in [2.24, 2.45) is 0 Å². The van der Waals surface area contributed by atoms with Crippen LogP contribution in [0.5, 0.6) is 0 Å². The Hall–Kier alpha value is -1.08. The molecule has 1 atom stereocenters. The Morgan fingerprint density at radius 2 is 2.50 bits per heavy atom. The molecule has 0 aliphatic carbocycles. The minimum Gasteiger partial charge on any atom is -0.378 e. The monoisotopic (exact) mass is 142 g/mol. The number of hydrogen-bond donors (Lipinski definition) is 2. The summed E-state index contributed by atoms with van der Waals surface area (Å²) < 4.78 is 0. The van der Waals surface area contributed by atoms with Crippen LogP contribution in [0.4, 0.5) is 0 Å². The van der Waals surface area contributed by atoms with E-state index in [1.807, 2.05) is 0 Å². The maximum Gasteiger partial charge on any atom is 0.223 e. The molecule has 0 fully saturated rings. The van der Waals surface area contributed by atoms with E-state index < -0.39 is 6.10 Å². The lowest BCUT2D eigenvalue weighted by atomic mass is 10.3. The number of carbonyl (C=O) groups is 1. The lowest BCUT2D eigenvalue weighted by Gasteiger charge is -2.00. The van der Waals surface area contributed by atoms with Gasteiger partial charge < -0.3 is 10.4 Å². The molecular formula is C6H10N2O2. The Labute approximate surface area is 59.5 Å². The maximum absolute atomic E-state index is 10.6. The van der Waals surface area contributed by atoms with Crippen LogP contribution in [-0.2, 0) is 4.79 Å². The average Bonchev–Trinajstić information content (AvgIpc) is 1.88. The number of hydrogen-bond acceptors (Lipinski definition) is 3. The predicted molar refractivity (Wildman–Crippen MR) is 34.9 cm³/mol. The second-order valence-electron chi connectivity index (χ2n) is 1.80. The zero-order valence-corrected chi connectivity index (χ0v) is 5.79. The van der Waals surface area contributed by atoms with Crippen molar-refractivity contribution in [3.8, 4) is 6.07 Å². The van der Waals surface area contributed by atoms with E-state index in [0.717, 1.165) is 0 Å². The van der Waals surface area contributed by atoms with Gasteiger partial charge >= 0.3 is 0 Å². The summed E-state index contributed by atoms with van der Waals surface area (Å²) in [5, 5.41) is 19.2. The third-order valence-corrected chi connectivity index (χ3v) is 0.902. The van der Waals surface area contributed by atoms with Gasteiger partial charge in [-0.05, 0) is 6.92 Å². The predicted octanol–water partition coefficient (Wildman–Crippen LogP) is -0.603. The number of nitriles is 1. The Balaban J connectivity index is 3.49. The smallest absolute Gasteiger partial charge is 0.223 e. The maximum atomic E-state index is 10.6. The SMILES string of the molecule is CCNC(=O)CC(O)C#N. The summed E-state index contributed by atoms with van der Waals surface area (Å²) in [7, 11) is 0. The molecule has 0 aliphatic heterocycles. The second-order valence-corrected chi connectivity index (χ2v) is 1.80. The molecule has 0 saturated heterocycles. The number of nitrogens with zero attached hydrogens (tertiary/aromatic N) is 1. The highest BCUT2D eigenvalue weighted by Crippen LogP contribution is 1.87. The molecule has 1 amide bonds. The average molecular weight is 142 g/mol. The fourth-order valence-corrected chi connectivity index (χ4v) is 0.491. The number of rotatable bonds is 3. The molecule has 0 bridgehead atoms. The molecule has 0 aliphatic rings. The summed E-state index contributed by atoms with van der Waals surface area (Å²) in [6, 6.07) is 1.55. The van der Waals surface area contributed by atoms with Crippen molar-refractivity contribution in [2.75, 3.05) is 6.54 Å². The fourth-order valence-electron chi connectivity index (χ4n) is 0.491. The lowest BCUT2D eigenvalue weighted by molar-refractivity contribution is -0.122. The molecule has 0 aromatic heterocycles. The van der Waals surface area contributed by atoms with E-state index in [0.29, 0.717) is 6.54 Å². The van der Waals surface area contributed by atoms with Gasteiger partial charge in [0.2, 0.25) is 5.91 Å². The summed E-state index contributed by atoms with van der Waals surface area (Å²) >= 11 is 0. The molecule has 2 N–H and O–H groups in total. The number of aliphatic hydroxyl groups excluding tert-OH is 1. The van der Waals surface area contributed by atoms with Gasteiger partial charge in [-0.1, -0.05) is 0 Å². The molecule has 0 aromatic rings. The molecular weight excluding hydrogens is 132 g/mol. The van der Waals surface area contributed by atoms with Crippen LogP contribution in [0.3, 0.4) is 0 Å². The molecule has 0 spiro atoms. The summed E-state index contributed by atoms with van der Waals surface area (Å²) in [5.74, 6) is -0.295. The lowest BCUT2D eigenvalue weighted by Crippen LogP contribution is -2.26. The first-order valence-electron chi connectivity index (χ1n) is 3.05. The molecule has 10 heavy (non-hydrogen) atoms. The largest absolute Gasteiger partial charge is 0.378 e. The van der Waals surface area contributed by atoms with Gasteiger partial charge in [0.05, 0.1) is 12.5 Å². The third kappa shape index (κ3) is 3.87. The molecule has 0 rings (SSSR count). The van der Waals surface area contributed by atoms with Gasteiger partial charge in [-0.25, -0.2) is 0 Å². The van der Waals surface area contributed by atoms with Crippen molar-refractivity contribution in [3.63, 3.8) is 0 Å². The highest BCUT2D eigenvalue weighted by atomic mass is 16.3. The quantitative estimate of drug-likeness (QED) is 0.516. The highest BCUT2D eigenvalue weighted by molar-refractivity contribution is 5.76. The minimum absolute atomic E-state index is 0.135. The van der Waals surface area contributed by atoms with Crippen LogP contribution in [0, 0.1) is 11.3 Å². The van der Waals surface area contributed by atoms with Crippen LogP contribution < -0.4 is 5.32 Å². The first kappa shape index (κ1) is 8.92. The van der Waals surface area contributed by atoms with E-state index in [4.69, 9.17) is 10.4 Å². The van der Waals surface area contributed by atoms with Crippen molar-refractivity contribution in [2.45, 2.75) is 19.4 Å². The second kappa shape index (κ2) is 4.77. The molecule has 4 heteroatoms. The van der Waals surface area contributed by atoms with Crippen molar-refractivity contribution in [1.29, 1.82) is 5.26 Å². The normalized spacial score (nSPS) is 11.7. The number of carbonyl (C=O) groups excluding carboxylic acids is 1. The Bertz CT molecular complexity index is 150. The van der Waals surface area contributed by atoms with Gasteiger partial charge in [0.15, 0.2) is 0 Å². The van der Waals surface area contributed by atoms with E-state index >= 15 is 0 Å². The minimum atomic E-state index is -1.17. The first-order valence-corrected chi connectivity index (χ1v) is 3.05. The Morgan fingerprint density at radius 1 is 1.90 bits per heavy atom. The highest BCUT2D eigenvalue weighted by Gasteiger charge is 2.06. The molecule has 0 aromatic carbocycles. The van der Waals surface area contributed by atoms with Crippen LogP contribution >= 0.6 is 0 Å². The van der Waals surface area contributed by atoms with Gasteiger partial charge in [-0.2, -0.15) is 5.26 Å². The van der Waals surface area contributed by atoms with Crippen molar-refractivity contribution in [3.05, 3.63) is 0 Å². The van der Waals surface area contributed by atoms with Gasteiger partial charge in [-0.15, -0.1) is 0 Å². The van der Waals surface area contributed by atoms with Crippen LogP contribution in [0.2, 0.25) is 0 Å². The number of aliphatic hydroxyl groups is 1. The van der Waals surface area contributed by atoms with Gasteiger partial charge in [0.25, 0.3) is 0 Å². The van der Waals surface area contributed by atoms with E-state index in [1.54, 1.807) is 13.0 Å². The van der Waals surface area contributed by atoms with Crippen molar-refractivity contribution in [1.82, 2.24) is 5.32 Å².